The topological polar surface area (TPSA) is 12.0 Å². The molecule has 1 aromatic carbocycles. The smallest absolute Gasteiger partial charge is 0.0581 e. The first kappa shape index (κ1) is 7.14. The van der Waals surface area contributed by atoms with Crippen LogP contribution in [0.3, 0.4) is 0 Å². The Morgan fingerprint density at radius 1 is 1.18 bits per heavy atom. The third-order valence-corrected chi connectivity index (χ3v) is 2.62. The lowest BCUT2D eigenvalue weighted by atomic mass is 10.1. The van der Waals surface area contributed by atoms with Gasteiger partial charge in [-0.1, -0.05) is 30.3 Å². The first-order valence-electron chi connectivity index (χ1n) is 3.81. The first-order chi connectivity index (χ1) is 5.37. The molecule has 1 aliphatic rings. The van der Waals surface area contributed by atoms with Crippen LogP contribution in [0.2, 0.25) is 0 Å². The molecular formula is C9H10ClN. The fraction of sp³-hybridized carbons (Fsp3) is 0.333. The number of hydrogen-bond donors (Lipinski definition) is 1. The van der Waals surface area contributed by atoms with Crippen LogP contribution in [0.25, 0.3) is 0 Å². The molecule has 1 aliphatic carbocycles. The van der Waals surface area contributed by atoms with Gasteiger partial charge < -0.3 is 0 Å². The zero-order valence-corrected chi connectivity index (χ0v) is 6.93. The van der Waals surface area contributed by atoms with Gasteiger partial charge in [0.1, 0.15) is 0 Å². The van der Waals surface area contributed by atoms with E-state index in [1.54, 1.807) is 0 Å². The molecule has 0 radical (unpaired) electrons. The summed E-state index contributed by atoms with van der Waals surface area (Å²) in [5.74, 6) is 0. The molecule has 0 aromatic heterocycles. The molecule has 0 aliphatic heterocycles. The summed E-state index contributed by atoms with van der Waals surface area (Å²) in [5, 5.41) is 0. The van der Waals surface area contributed by atoms with Gasteiger partial charge >= 0.3 is 0 Å². The van der Waals surface area contributed by atoms with E-state index in [4.69, 9.17) is 11.8 Å². The Kier molecular flexibility index (Phi) is 1.63. The molecule has 0 unspecified atom stereocenters. The van der Waals surface area contributed by atoms with Crippen molar-refractivity contribution in [2.45, 2.75) is 18.4 Å². The number of rotatable bonds is 2. The van der Waals surface area contributed by atoms with Gasteiger partial charge in [0.25, 0.3) is 0 Å². The molecular weight excluding hydrogens is 158 g/mol. The van der Waals surface area contributed by atoms with Crippen molar-refractivity contribution in [3.05, 3.63) is 35.9 Å². The number of nitrogens with one attached hydrogen (secondary N) is 1. The third-order valence-electron chi connectivity index (χ3n) is 2.26. The van der Waals surface area contributed by atoms with E-state index in [1.165, 1.54) is 5.56 Å². The van der Waals surface area contributed by atoms with Crippen molar-refractivity contribution >= 4 is 11.8 Å². The summed E-state index contributed by atoms with van der Waals surface area (Å²) in [6, 6.07) is 10.3. The maximum atomic E-state index is 5.64. The summed E-state index contributed by atoms with van der Waals surface area (Å²) >= 11 is 5.64. The van der Waals surface area contributed by atoms with Gasteiger partial charge in [-0.25, -0.2) is 4.84 Å². The van der Waals surface area contributed by atoms with Gasteiger partial charge in [-0.3, -0.25) is 0 Å². The van der Waals surface area contributed by atoms with Crippen molar-refractivity contribution < 1.29 is 0 Å². The number of hydrogen-bond acceptors (Lipinski definition) is 1. The Labute approximate surface area is 71.5 Å². The van der Waals surface area contributed by atoms with Crippen LogP contribution in [0.4, 0.5) is 0 Å². The lowest BCUT2D eigenvalue weighted by Gasteiger charge is -2.11. The van der Waals surface area contributed by atoms with Crippen LogP contribution in [0, 0.1) is 0 Å². The van der Waals surface area contributed by atoms with Crippen molar-refractivity contribution in [1.82, 2.24) is 4.84 Å². The van der Waals surface area contributed by atoms with E-state index in [-0.39, 0.29) is 5.54 Å². The second kappa shape index (κ2) is 2.50. The highest BCUT2D eigenvalue weighted by molar-refractivity contribution is 6.14. The number of benzene rings is 1. The van der Waals surface area contributed by atoms with Gasteiger partial charge in [0.15, 0.2) is 0 Å². The molecule has 0 atom stereocenters. The summed E-state index contributed by atoms with van der Waals surface area (Å²) in [4.78, 5) is 2.84. The Hall–Kier alpha value is -0.530. The lowest BCUT2D eigenvalue weighted by molar-refractivity contribution is 0.670. The Morgan fingerprint density at radius 2 is 1.82 bits per heavy atom. The molecule has 58 valence electrons. The van der Waals surface area contributed by atoms with E-state index in [0.29, 0.717) is 0 Å². The van der Waals surface area contributed by atoms with Gasteiger partial charge in [-0.2, -0.15) is 0 Å². The highest BCUT2D eigenvalue weighted by Gasteiger charge is 2.43. The molecule has 0 heterocycles. The Balaban J connectivity index is 2.30. The predicted molar refractivity (Wildman–Crippen MR) is 46.3 cm³/mol. The second-order valence-electron chi connectivity index (χ2n) is 3.04. The fourth-order valence-corrected chi connectivity index (χ4v) is 1.62. The fourth-order valence-electron chi connectivity index (χ4n) is 1.32. The van der Waals surface area contributed by atoms with Crippen molar-refractivity contribution in [3.63, 3.8) is 0 Å². The predicted octanol–water partition coefficient (Wildman–Crippen LogP) is 2.42. The first-order valence-corrected chi connectivity index (χ1v) is 4.18. The average Bonchev–Trinajstić information content (AvgIpc) is 2.86. The van der Waals surface area contributed by atoms with E-state index >= 15 is 0 Å². The summed E-state index contributed by atoms with van der Waals surface area (Å²) in [7, 11) is 0. The van der Waals surface area contributed by atoms with Gasteiger partial charge in [-0.15, -0.1) is 0 Å². The quantitative estimate of drug-likeness (QED) is 0.668. The van der Waals surface area contributed by atoms with E-state index in [1.807, 2.05) is 18.2 Å². The van der Waals surface area contributed by atoms with Gasteiger partial charge in [0.05, 0.1) is 5.54 Å². The molecule has 11 heavy (non-hydrogen) atoms. The zero-order valence-electron chi connectivity index (χ0n) is 6.18. The monoisotopic (exact) mass is 167 g/mol. The van der Waals surface area contributed by atoms with Crippen molar-refractivity contribution in [2.24, 2.45) is 0 Å². The largest absolute Gasteiger partial charge is 0.223 e. The zero-order chi connectivity index (χ0) is 7.73. The van der Waals surface area contributed by atoms with E-state index < -0.39 is 0 Å². The normalized spacial score (nSPS) is 19.7. The molecule has 2 heteroatoms. The van der Waals surface area contributed by atoms with E-state index in [2.05, 4.69) is 17.0 Å². The van der Waals surface area contributed by atoms with Crippen LogP contribution in [-0.2, 0) is 5.54 Å². The molecule has 1 aromatic rings. The van der Waals surface area contributed by atoms with Crippen LogP contribution in [0.1, 0.15) is 18.4 Å². The average molecular weight is 168 g/mol. The molecule has 1 nitrogen and oxygen atoms in total. The summed E-state index contributed by atoms with van der Waals surface area (Å²) in [6.45, 7) is 0. The molecule has 0 amide bonds. The third kappa shape index (κ3) is 1.15. The maximum Gasteiger partial charge on any atom is 0.0581 e. The van der Waals surface area contributed by atoms with Crippen LogP contribution in [0.5, 0.6) is 0 Å². The second-order valence-corrected chi connectivity index (χ2v) is 3.23. The SMILES string of the molecule is ClNC1(c2ccccc2)CC1. The van der Waals surface area contributed by atoms with Gasteiger partial charge in [-0.05, 0) is 30.2 Å². The molecule has 2 rings (SSSR count). The van der Waals surface area contributed by atoms with Crippen LogP contribution >= 0.6 is 11.8 Å². The highest BCUT2D eigenvalue weighted by Crippen LogP contribution is 2.45. The summed E-state index contributed by atoms with van der Waals surface area (Å²) in [5.41, 5.74) is 1.40. The molecule has 0 saturated heterocycles. The minimum Gasteiger partial charge on any atom is -0.223 e. The standard InChI is InChI=1S/C9H10ClN/c10-11-9(6-7-9)8-4-2-1-3-5-8/h1-5,11H,6-7H2. The minimum atomic E-state index is 0.100. The molecule has 1 saturated carbocycles. The Morgan fingerprint density at radius 3 is 2.27 bits per heavy atom. The van der Waals surface area contributed by atoms with Crippen LogP contribution in [-0.4, -0.2) is 0 Å². The van der Waals surface area contributed by atoms with E-state index in [9.17, 15) is 0 Å². The maximum absolute atomic E-state index is 5.64. The minimum absolute atomic E-state index is 0.100. The molecule has 1 N–H and O–H groups in total. The van der Waals surface area contributed by atoms with Gasteiger partial charge in [0.2, 0.25) is 0 Å². The highest BCUT2D eigenvalue weighted by atomic mass is 35.5. The Bertz CT molecular complexity index is 241. The van der Waals surface area contributed by atoms with Crippen molar-refractivity contribution in [3.8, 4) is 0 Å². The lowest BCUT2D eigenvalue weighted by Crippen LogP contribution is -2.19. The molecule has 1 fully saturated rings. The van der Waals surface area contributed by atoms with Crippen LogP contribution < -0.4 is 4.84 Å². The summed E-state index contributed by atoms with van der Waals surface area (Å²) in [6.07, 6.45) is 2.31. The van der Waals surface area contributed by atoms with Gasteiger partial charge in [0, 0.05) is 0 Å². The number of halogens is 1. The van der Waals surface area contributed by atoms with Crippen LogP contribution in [0.15, 0.2) is 30.3 Å². The summed E-state index contributed by atoms with van der Waals surface area (Å²) < 4.78 is 0. The van der Waals surface area contributed by atoms with Crippen molar-refractivity contribution in [2.75, 3.05) is 0 Å². The van der Waals surface area contributed by atoms with Crippen molar-refractivity contribution in [1.29, 1.82) is 0 Å². The molecule has 0 bridgehead atoms. The molecule has 0 spiro atoms. The van der Waals surface area contributed by atoms with E-state index in [0.717, 1.165) is 12.8 Å².